The van der Waals surface area contributed by atoms with Gasteiger partial charge in [0, 0.05) is 19.5 Å². The molecule has 1 aliphatic rings. The zero-order chi connectivity index (χ0) is 12.1. The molecule has 0 N–H and O–H groups in total. The average Bonchev–Trinajstić information content (AvgIpc) is 2.95. The van der Waals surface area contributed by atoms with Gasteiger partial charge in [-0.1, -0.05) is 24.3 Å². The van der Waals surface area contributed by atoms with Crippen molar-refractivity contribution in [1.82, 2.24) is 10.2 Å². The topological polar surface area (TPSA) is 38.2 Å². The molecule has 5 heteroatoms. The van der Waals surface area contributed by atoms with E-state index in [1.54, 1.807) is 17.4 Å². The van der Waals surface area contributed by atoms with Crippen LogP contribution in [-0.4, -0.2) is 36.0 Å². The van der Waals surface area contributed by atoms with E-state index in [4.69, 9.17) is 4.74 Å². The minimum absolute atomic E-state index is 0.312. The molecule has 4 nitrogen and oxygen atoms in total. The predicted octanol–water partition coefficient (Wildman–Crippen LogP) is 2.27. The van der Waals surface area contributed by atoms with E-state index in [1.165, 1.54) is 0 Å². The Kier molecular flexibility index (Phi) is 4.50. The van der Waals surface area contributed by atoms with Crippen molar-refractivity contribution in [1.29, 1.82) is 0 Å². The third-order valence-corrected chi connectivity index (χ3v) is 3.83. The van der Waals surface area contributed by atoms with Gasteiger partial charge in [-0.3, -0.25) is 0 Å². The van der Waals surface area contributed by atoms with Crippen molar-refractivity contribution in [2.24, 2.45) is 0 Å². The average molecular weight is 253 g/mol. The SMILES string of the molecule is C=CCOC1CCN(c2nnc(CCC)s2)C1. The fourth-order valence-corrected chi connectivity index (χ4v) is 2.90. The number of nitrogens with zero attached hydrogens (tertiary/aromatic N) is 3. The summed E-state index contributed by atoms with van der Waals surface area (Å²) in [6.07, 6.45) is 5.33. The molecule has 1 aliphatic heterocycles. The number of rotatable bonds is 6. The third kappa shape index (κ3) is 3.26. The molecule has 17 heavy (non-hydrogen) atoms. The molecule has 1 saturated heterocycles. The minimum atomic E-state index is 0.312. The van der Waals surface area contributed by atoms with Crippen molar-refractivity contribution in [2.75, 3.05) is 24.6 Å². The van der Waals surface area contributed by atoms with Crippen LogP contribution in [0.3, 0.4) is 0 Å². The highest BCUT2D eigenvalue weighted by molar-refractivity contribution is 7.15. The van der Waals surface area contributed by atoms with Crippen LogP contribution in [0.2, 0.25) is 0 Å². The predicted molar refractivity (Wildman–Crippen MR) is 70.7 cm³/mol. The quantitative estimate of drug-likeness (QED) is 0.729. The molecular weight excluding hydrogens is 234 g/mol. The van der Waals surface area contributed by atoms with Crippen molar-refractivity contribution >= 4 is 16.5 Å². The van der Waals surface area contributed by atoms with E-state index in [0.717, 1.165) is 42.5 Å². The van der Waals surface area contributed by atoms with Gasteiger partial charge in [0.25, 0.3) is 0 Å². The third-order valence-electron chi connectivity index (χ3n) is 2.79. The maximum Gasteiger partial charge on any atom is 0.208 e. The molecule has 1 fully saturated rings. The van der Waals surface area contributed by atoms with Gasteiger partial charge in [0.15, 0.2) is 0 Å². The lowest BCUT2D eigenvalue weighted by Crippen LogP contribution is -2.22. The zero-order valence-corrected chi connectivity index (χ0v) is 11.1. The molecule has 0 aliphatic carbocycles. The first-order valence-corrected chi connectivity index (χ1v) is 6.95. The summed E-state index contributed by atoms with van der Waals surface area (Å²) in [6.45, 7) is 8.40. The fraction of sp³-hybridized carbons (Fsp3) is 0.667. The lowest BCUT2D eigenvalue weighted by atomic mass is 10.3. The second-order valence-electron chi connectivity index (χ2n) is 4.21. The van der Waals surface area contributed by atoms with Gasteiger partial charge in [-0.25, -0.2) is 0 Å². The molecule has 0 saturated carbocycles. The molecule has 2 heterocycles. The Labute approximate surface area is 106 Å². The Balaban J connectivity index is 1.88. The number of hydrogen-bond donors (Lipinski definition) is 0. The van der Waals surface area contributed by atoms with Crippen LogP contribution in [0.15, 0.2) is 12.7 Å². The highest BCUT2D eigenvalue weighted by atomic mass is 32.1. The van der Waals surface area contributed by atoms with Gasteiger partial charge in [-0.15, -0.1) is 16.8 Å². The molecule has 0 amide bonds. The van der Waals surface area contributed by atoms with E-state index in [0.29, 0.717) is 12.7 Å². The van der Waals surface area contributed by atoms with Gasteiger partial charge in [-0.2, -0.15) is 0 Å². The highest BCUT2D eigenvalue weighted by Gasteiger charge is 2.25. The Morgan fingerprint density at radius 2 is 2.47 bits per heavy atom. The van der Waals surface area contributed by atoms with E-state index in [9.17, 15) is 0 Å². The van der Waals surface area contributed by atoms with Crippen LogP contribution in [0, 0.1) is 0 Å². The molecule has 1 aromatic heterocycles. The zero-order valence-electron chi connectivity index (χ0n) is 10.3. The van der Waals surface area contributed by atoms with Crippen molar-refractivity contribution < 1.29 is 4.74 Å². The van der Waals surface area contributed by atoms with Gasteiger partial charge in [0.05, 0.1) is 12.7 Å². The van der Waals surface area contributed by atoms with E-state index >= 15 is 0 Å². The molecule has 94 valence electrons. The van der Waals surface area contributed by atoms with Crippen LogP contribution in [0.1, 0.15) is 24.8 Å². The molecule has 1 aromatic rings. The van der Waals surface area contributed by atoms with Crippen molar-refractivity contribution in [3.63, 3.8) is 0 Å². The van der Waals surface area contributed by atoms with Gasteiger partial charge < -0.3 is 9.64 Å². The Morgan fingerprint density at radius 1 is 1.59 bits per heavy atom. The summed E-state index contributed by atoms with van der Waals surface area (Å²) in [5.41, 5.74) is 0. The first-order chi connectivity index (χ1) is 8.33. The lowest BCUT2D eigenvalue weighted by molar-refractivity contribution is 0.0909. The maximum absolute atomic E-state index is 5.65. The Bertz CT molecular complexity index is 366. The van der Waals surface area contributed by atoms with Crippen LogP contribution in [0.4, 0.5) is 5.13 Å². The normalized spacial score (nSPS) is 19.8. The molecule has 0 bridgehead atoms. The first kappa shape index (κ1) is 12.5. The summed E-state index contributed by atoms with van der Waals surface area (Å²) in [5.74, 6) is 0. The Hall–Kier alpha value is -0.940. The van der Waals surface area contributed by atoms with E-state index in [-0.39, 0.29) is 0 Å². The number of hydrogen-bond acceptors (Lipinski definition) is 5. The monoisotopic (exact) mass is 253 g/mol. The van der Waals surface area contributed by atoms with E-state index in [2.05, 4.69) is 28.6 Å². The largest absolute Gasteiger partial charge is 0.372 e. The van der Waals surface area contributed by atoms with E-state index in [1.807, 2.05) is 0 Å². The van der Waals surface area contributed by atoms with Crippen molar-refractivity contribution in [2.45, 2.75) is 32.3 Å². The number of aromatic nitrogens is 2. The van der Waals surface area contributed by atoms with Crippen LogP contribution < -0.4 is 4.90 Å². The second-order valence-corrected chi connectivity index (χ2v) is 5.25. The van der Waals surface area contributed by atoms with Crippen molar-refractivity contribution in [3.8, 4) is 0 Å². The van der Waals surface area contributed by atoms with Gasteiger partial charge in [0.2, 0.25) is 5.13 Å². The number of ether oxygens (including phenoxy) is 1. The van der Waals surface area contributed by atoms with Crippen molar-refractivity contribution in [3.05, 3.63) is 17.7 Å². The number of anilines is 1. The summed E-state index contributed by atoms with van der Waals surface area (Å²) in [4.78, 5) is 2.27. The van der Waals surface area contributed by atoms with Crippen LogP contribution in [-0.2, 0) is 11.2 Å². The molecule has 0 radical (unpaired) electrons. The molecule has 0 spiro atoms. The van der Waals surface area contributed by atoms with Crippen LogP contribution in [0.25, 0.3) is 0 Å². The van der Waals surface area contributed by atoms with Crippen LogP contribution >= 0.6 is 11.3 Å². The van der Waals surface area contributed by atoms with Gasteiger partial charge >= 0.3 is 0 Å². The first-order valence-electron chi connectivity index (χ1n) is 6.13. The van der Waals surface area contributed by atoms with Gasteiger partial charge in [-0.05, 0) is 12.8 Å². The summed E-state index contributed by atoms with van der Waals surface area (Å²) in [6, 6.07) is 0. The van der Waals surface area contributed by atoms with E-state index < -0.39 is 0 Å². The van der Waals surface area contributed by atoms with Crippen LogP contribution in [0.5, 0.6) is 0 Å². The van der Waals surface area contributed by atoms with Gasteiger partial charge in [0.1, 0.15) is 5.01 Å². The summed E-state index contributed by atoms with van der Waals surface area (Å²) < 4.78 is 5.65. The molecular formula is C12H19N3OS. The maximum atomic E-state index is 5.65. The highest BCUT2D eigenvalue weighted by Crippen LogP contribution is 2.25. The Morgan fingerprint density at radius 3 is 3.24 bits per heavy atom. The fourth-order valence-electron chi connectivity index (χ4n) is 1.93. The molecule has 2 rings (SSSR count). The lowest BCUT2D eigenvalue weighted by Gasteiger charge is -2.13. The standard InChI is InChI=1S/C12H19N3OS/c1-3-5-11-13-14-12(17-11)15-7-6-10(9-15)16-8-4-2/h4,10H,2-3,5-9H2,1H3. The smallest absolute Gasteiger partial charge is 0.208 e. The summed E-state index contributed by atoms with van der Waals surface area (Å²) >= 11 is 1.71. The minimum Gasteiger partial charge on any atom is -0.372 e. The second kappa shape index (κ2) is 6.12. The molecule has 1 unspecified atom stereocenters. The molecule has 0 aromatic carbocycles. The summed E-state index contributed by atoms with van der Waals surface area (Å²) in [5, 5.41) is 10.6. The summed E-state index contributed by atoms with van der Waals surface area (Å²) in [7, 11) is 0. The number of aryl methyl sites for hydroxylation is 1. The molecule has 1 atom stereocenters.